The monoisotopic (exact) mass is 266 g/mol. The van der Waals surface area contributed by atoms with Crippen molar-refractivity contribution in [2.75, 3.05) is 0 Å². The van der Waals surface area contributed by atoms with Crippen LogP contribution >= 0.6 is 0 Å². The average Bonchev–Trinajstić information content (AvgIpc) is 2.37. The maximum Gasteiger partial charge on any atom is 0.416 e. The smallest absolute Gasteiger partial charge is 0.416 e. The summed E-state index contributed by atoms with van der Waals surface area (Å²) in [5.41, 5.74) is -0.807. The van der Waals surface area contributed by atoms with Gasteiger partial charge in [-0.3, -0.25) is 4.79 Å². The lowest BCUT2D eigenvalue weighted by molar-refractivity contribution is -0.137. The van der Waals surface area contributed by atoms with Crippen LogP contribution in [0.5, 0.6) is 5.75 Å². The Balaban J connectivity index is 2.40. The molecule has 5 heteroatoms. The van der Waals surface area contributed by atoms with Crippen LogP contribution in [0.3, 0.4) is 0 Å². The maximum absolute atomic E-state index is 12.5. The zero-order chi connectivity index (χ0) is 14.0. The summed E-state index contributed by atoms with van der Waals surface area (Å²) in [6.07, 6.45) is -4.49. The van der Waals surface area contributed by atoms with E-state index in [1.54, 1.807) is 0 Å². The molecule has 0 fully saturated rings. The van der Waals surface area contributed by atoms with Crippen LogP contribution in [0.2, 0.25) is 0 Å². The number of benzene rings is 2. The molecular weight excluding hydrogens is 257 g/mol. The Labute approximate surface area is 107 Å². The number of alkyl halides is 3. The van der Waals surface area contributed by atoms with Gasteiger partial charge in [0.15, 0.2) is 5.78 Å². The van der Waals surface area contributed by atoms with Crippen LogP contribution < -0.4 is 0 Å². The molecule has 0 unspecified atom stereocenters. The fourth-order valence-electron chi connectivity index (χ4n) is 1.65. The third kappa shape index (κ3) is 2.93. The quantitative estimate of drug-likeness (QED) is 0.842. The normalized spacial score (nSPS) is 11.3. The Bertz CT molecular complexity index is 618. The largest absolute Gasteiger partial charge is 0.508 e. The molecule has 0 aliphatic rings. The van der Waals surface area contributed by atoms with Gasteiger partial charge in [-0.25, -0.2) is 0 Å². The minimum absolute atomic E-state index is 0.0691. The number of hydrogen-bond acceptors (Lipinski definition) is 2. The highest BCUT2D eigenvalue weighted by Gasteiger charge is 2.30. The number of ketones is 1. The van der Waals surface area contributed by atoms with Crippen LogP contribution in [-0.4, -0.2) is 10.9 Å². The minimum Gasteiger partial charge on any atom is -0.508 e. The molecule has 0 aliphatic heterocycles. The number of aromatic hydroxyl groups is 1. The Morgan fingerprint density at radius 1 is 0.947 bits per heavy atom. The molecule has 19 heavy (non-hydrogen) atoms. The summed E-state index contributed by atoms with van der Waals surface area (Å²) < 4.78 is 37.6. The van der Waals surface area contributed by atoms with E-state index in [0.29, 0.717) is 0 Å². The third-order valence-electron chi connectivity index (χ3n) is 2.56. The van der Waals surface area contributed by atoms with Crippen LogP contribution in [0.4, 0.5) is 13.2 Å². The van der Waals surface area contributed by atoms with Gasteiger partial charge in [-0.1, -0.05) is 24.3 Å². The van der Waals surface area contributed by atoms with Crippen LogP contribution in [-0.2, 0) is 6.18 Å². The number of carbonyl (C=O) groups is 1. The van der Waals surface area contributed by atoms with Crippen molar-refractivity contribution in [1.29, 1.82) is 0 Å². The van der Waals surface area contributed by atoms with Crippen molar-refractivity contribution in [2.24, 2.45) is 0 Å². The van der Waals surface area contributed by atoms with Crippen molar-refractivity contribution in [2.45, 2.75) is 6.18 Å². The van der Waals surface area contributed by atoms with Gasteiger partial charge in [0.25, 0.3) is 0 Å². The van der Waals surface area contributed by atoms with E-state index in [0.717, 1.165) is 12.1 Å². The minimum atomic E-state index is -4.49. The van der Waals surface area contributed by atoms with Gasteiger partial charge < -0.3 is 5.11 Å². The lowest BCUT2D eigenvalue weighted by Gasteiger charge is -2.08. The Hall–Kier alpha value is -2.30. The second-order valence-corrected chi connectivity index (χ2v) is 3.96. The van der Waals surface area contributed by atoms with Crippen molar-refractivity contribution in [1.82, 2.24) is 0 Å². The molecular formula is C14H9F3O2. The summed E-state index contributed by atoms with van der Waals surface area (Å²) in [7, 11) is 0. The number of rotatable bonds is 2. The molecule has 2 rings (SSSR count). The van der Waals surface area contributed by atoms with E-state index in [9.17, 15) is 23.1 Å². The molecule has 2 nitrogen and oxygen atoms in total. The fourth-order valence-corrected chi connectivity index (χ4v) is 1.65. The zero-order valence-corrected chi connectivity index (χ0v) is 9.61. The highest BCUT2D eigenvalue weighted by molar-refractivity contribution is 6.09. The van der Waals surface area contributed by atoms with E-state index in [1.165, 1.54) is 36.4 Å². The van der Waals surface area contributed by atoms with E-state index >= 15 is 0 Å². The summed E-state index contributed by atoms with van der Waals surface area (Å²) in [4.78, 5) is 12.0. The second kappa shape index (κ2) is 4.76. The highest BCUT2D eigenvalue weighted by Crippen LogP contribution is 2.30. The van der Waals surface area contributed by atoms with Gasteiger partial charge in [-0.2, -0.15) is 13.2 Å². The molecule has 1 N–H and O–H groups in total. The van der Waals surface area contributed by atoms with E-state index in [-0.39, 0.29) is 16.9 Å². The van der Waals surface area contributed by atoms with E-state index in [1.807, 2.05) is 0 Å². The average molecular weight is 266 g/mol. The van der Waals surface area contributed by atoms with Gasteiger partial charge in [-0.15, -0.1) is 0 Å². The summed E-state index contributed by atoms with van der Waals surface area (Å²) in [6, 6.07) is 9.66. The maximum atomic E-state index is 12.5. The van der Waals surface area contributed by atoms with Crippen molar-refractivity contribution < 1.29 is 23.1 Å². The summed E-state index contributed by atoms with van der Waals surface area (Å²) >= 11 is 0. The summed E-state index contributed by atoms with van der Waals surface area (Å²) in [5, 5.41) is 9.26. The number of carbonyl (C=O) groups excluding carboxylic acids is 1. The van der Waals surface area contributed by atoms with E-state index in [4.69, 9.17) is 0 Å². The molecule has 0 atom stereocenters. The first-order valence-electron chi connectivity index (χ1n) is 5.39. The molecule has 2 aromatic rings. The molecule has 0 radical (unpaired) electrons. The molecule has 98 valence electrons. The zero-order valence-electron chi connectivity index (χ0n) is 9.61. The molecule has 0 amide bonds. The van der Waals surface area contributed by atoms with Crippen LogP contribution in [0.1, 0.15) is 21.5 Å². The number of phenolic OH excluding ortho intramolecular Hbond substituents is 1. The highest BCUT2D eigenvalue weighted by atomic mass is 19.4. The molecule has 0 saturated heterocycles. The predicted molar refractivity (Wildman–Crippen MR) is 63.0 cm³/mol. The first kappa shape index (κ1) is 13.1. The van der Waals surface area contributed by atoms with Crippen molar-refractivity contribution in [3.8, 4) is 5.75 Å². The van der Waals surface area contributed by atoms with E-state index in [2.05, 4.69) is 0 Å². The molecule has 0 saturated carbocycles. The summed E-state index contributed by atoms with van der Waals surface area (Å²) in [5.74, 6) is -0.681. The van der Waals surface area contributed by atoms with Gasteiger partial charge >= 0.3 is 6.18 Å². The number of halogens is 3. The van der Waals surface area contributed by atoms with Crippen LogP contribution in [0.15, 0.2) is 48.5 Å². The Morgan fingerprint density at radius 2 is 1.53 bits per heavy atom. The number of phenols is 1. The van der Waals surface area contributed by atoms with Crippen LogP contribution in [0, 0.1) is 0 Å². The molecule has 0 aliphatic carbocycles. The second-order valence-electron chi connectivity index (χ2n) is 3.96. The van der Waals surface area contributed by atoms with Crippen molar-refractivity contribution in [3.63, 3.8) is 0 Å². The summed E-state index contributed by atoms with van der Waals surface area (Å²) in [6.45, 7) is 0. The predicted octanol–water partition coefficient (Wildman–Crippen LogP) is 3.64. The van der Waals surface area contributed by atoms with E-state index < -0.39 is 17.5 Å². The van der Waals surface area contributed by atoms with Crippen molar-refractivity contribution >= 4 is 5.78 Å². The lowest BCUT2D eigenvalue weighted by Crippen LogP contribution is -2.08. The molecule has 2 aromatic carbocycles. The van der Waals surface area contributed by atoms with Crippen molar-refractivity contribution in [3.05, 3.63) is 65.2 Å². The molecule has 0 bridgehead atoms. The van der Waals surface area contributed by atoms with Gasteiger partial charge in [0.2, 0.25) is 0 Å². The standard InChI is InChI=1S/C14H9F3O2/c15-14(16,17)11-5-1-3-9(7-11)13(19)10-4-2-6-12(18)8-10/h1-8,18H. The molecule has 0 spiro atoms. The Kier molecular flexibility index (Phi) is 3.29. The Morgan fingerprint density at radius 3 is 2.11 bits per heavy atom. The number of hydrogen-bond donors (Lipinski definition) is 1. The van der Waals surface area contributed by atoms with Gasteiger partial charge in [0.05, 0.1) is 5.56 Å². The SMILES string of the molecule is O=C(c1cccc(O)c1)c1cccc(C(F)(F)F)c1. The van der Waals surface area contributed by atoms with Gasteiger partial charge in [0.1, 0.15) is 5.75 Å². The first-order valence-corrected chi connectivity index (χ1v) is 5.39. The molecule has 0 aromatic heterocycles. The lowest BCUT2D eigenvalue weighted by atomic mass is 10.0. The topological polar surface area (TPSA) is 37.3 Å². The third-order valence-corrected chi connectivity index (χ3v) is 2.56. The molecule has 0 heterocycles. The van der Waals surface area contributed by atoms with Gasteiger partial charge in [-0.05, 0) is 24.3 Å². The van der Waals surface area contributed by atoms with Gasteiger partial charge in [0, 0.05) is 11.1 Å². The first-order chi connectivity index (χ1) is 8.88. The fraction of sp³-hybridized carbons (Fsp3) is 0.0714. The van der Waals surface area contributed by atoms with Crippen LogP contribution in [0.25, 0.3) is 0 Å².